The second kappa shape index (κ2) is 7.05. The van der Waals surface area contributed by atoms with Crippen LogP contribution in [0.15, 0.2) is 0 Å². The van der Waals surface area contributed by atoms with Crippen molar-refractivity contribution in [2.45, 2.75) is 12.2 Å². The van der Waals surface area contributed by atoms with Crippen LogP contribution in [0.3, 0.4) is 0 Å². The molecule has 0 fully saturated rings. The van der Waals surface area contributed by atoms with Crippen molar-refractivity contribution in [2.24, 2.45) is 0 Å². The van der Waals surface area contributed by atoms with Gasteiger partial charge in [-0.25, -0.2) is 4.74 Å². The normalized spacial score (nSPS) is 10.9. The predicted molar refractivity (Wildman–Crippen MR) is 21.0 cm³/mol. The number of carbonyl (C=O) groups excluding carboxylic acids is 2. The van der Waals surface area contributed by atoms with Crippen LogP contribution in [0.2, 0.25) is 0 Å². The standard InChI is InChI=1S/C4H2F4O5.2Na/c5-3(6,1(9)10)13-4(7,8)2(11)12;;/h(H,9,10)(H,11,12);;/q;2*+1/p-2. The Balaban J connectivity index is -0.000000720. The largest absolute Gasteiger partial charge is 1.00 e. The van der Waals surface area contributed by atoms with Gasteiger partial charge in [-0.3, -0.25) is 0 Å². The molecule has 0 radical (unpaired) electrons. The number of aliphatic carboxylic acids is 2. The van der Waals surface area contributed by atoms with Gasteiger partial charge < -0.3 is 19.8 Å². The van der Waals surface area contributed by atoms with Gasteiger partial charge in [0.1, 0.15) is 11.9 Å². The summed E-state index contributed by atoms with van der Waals surface area (Å²) >= 11 is 0. The number of alkyl halides is 4. The zero-order valence-electron chi connectivity index (χ0n) is 7.55. The van der Waals surface area contributed by atoms with Crippen molar-refractivity contribution in [2.75, 3.05) is 0 Å². The van der Waals surface area contributed by atoms with Gasteiger partial charge in [0.2, 0.25) is 0 Å². The van der Waals surface area contributed by atoms with E-state index in [1.807, 2.05) is 0 Å². The van der Waals surface area contributed by atoms with Crippen molar-refractivity contribution in [3.05, 3.63) is 0 Å². The van der Waals surface area contributed by atoms with Gasteiger partial charge in [0.05, 0.1) is 0 Å². The fourth-order valence-electron chi connectivity index (χ4n) is 0.244. The van der Waals surface area contributed by atoms with Crippen LogP contribution in [0, 0.1) is 0 Å². The molecule has 0 aliphatic carbocycles. The number of hydrogen-bond donors (Lipinski definition) is 0. The van der Waals surface area contributed by atoms with Gasteiger partial charge in [0.25, 0.3) is 0 Å². The molecule has 0 heterocycles. The summed E-state index contributed by atoms with van der Waals surface area (Å²) in [5.74, 6) is -6.57. The van der Waals surface area contributed by atoms with E-state index in [9.17, 15) is 37.4 Å². The van der Waals surface area contributed by atoms with Crippen molar-refractivity contribution in [1.29, 1.82) is 0 Å². The molecule has 0 bridgehead atoms. The molecule has 0 N–H and O–H groups in total. The van der Waals surface area contributed by atoms with Gasteiger partial charge in [-0.1, -0.05) is 0 Å². The Morgan fingerprint density at radius 3 is 1.20 bits per heavy atom. The average Bonchev–Trinajstić information content (AvgIpc) is 1.83. The molecule has 0 aromatic rings. The molecule has 0 aliphatic rings. The molecule has 0 atom stereocenters. The Bertz CT molecular complexity index is 221. The molecule has 11 heteroatoms. The van der Waals surface area contributed by atoms with Crippen LogP contribution < -0.4 is 69.3 Å². The molecule has 76 valence electrons. The van der Waals surface area contributed by atoms with Crippen molar-refractivity contribution >= 4 is 11.9 Å². The summed E-state index contributed by atoms with van der Waals surface area (Å²) in [4.78, 5) is 18.8. The molecule has 0 unspecified atom stereocenters. The van der Waals surface area contributed by atoms with Crippen molar-refractivity contribution in [3.8, 4) is 0 Å². The van der Waals surface area contributed by atoms with Crippen molar-refractivity contribution < 1.29 is 101 Å². The van der Waals surface area contributed by atoms with E-state index in [-0.39, 0.29) is 59.1 Å². The fraction of sp³-hybridized carbons (Fsp3) is 0.500. The minimum Gasteiger partial charge on any atom is -0.542 e. The molecule has 0 spiro atoms. The van der Waals surface area contributed by atoms with Gasteiger partial charge in [-0.15, -0.1) is 0 Å². The molecule has 0 aliphatic heterocycles. The summed E-state index contributed by atoms with van der Waals surface area (Å²) in [6.45, 7) is 0. The number of halogens is 4. The molecule has 0 amide bonds. The fourth-order valence-corrected chi connectivity index (χ4v) is 0.244. The third-order valence-corrected chi connectivity index (χ3v) is 0.732. The number of hydrogen-bond acceptors (Lipinski definition) is 5. The second-order valence-corrected chi connectivity index (χ2v) is 1.71. The van der Waals surface area contributed by atoms with E-state index in [0.717, 1.165) is 0 Å². The quantitative estimate of drug-likeness (QED) is 0.365. The van der Waals surface area contributed by atoms with Crippen LogP contribution >= 0.6 is 0 Å². The summed E-state index contributed by atoms with van der Waals surface area (Å²) in [6.07, 6.45) is -10.8. The molecule has 0 aromatic heterocycles. The van der Waals surface area contributed by atoms with Crippen LogP contribution in [0.4, 0.5) is 17.6 Å². The first kappa shape index (κ1) is 21.0. The van der Waals surface area contributed by atoms with Crippen LogP contribution in [0.1, 0.15) is 0 Å². The maximum atomic E-state index is 11.7. The Labute approximate surface area is 124 Å². The van der Waals surface area contributed by atoms with E-state index < -0.39 is 24.2 Å². The Hall–Kier alpha value is 0.620. The van der Waals surface area contributed by atoms with Gasteiger partial charge in [0.15, 0.2) is 0 Å². The minimum absolute atomic E-state index is 0. The van der Waals surface area contributed by atoms with E-state index in [1.165, 1.54) is 0 Å². The van der Waals surface area contributed by atoms with E-state index in [4.69, 9.17) is 0 Å². The topological polar surface area (TPSA) is 89.5 Å². The smallest absolute Gasteiger partial charge is 0.542 e. The molecular formula is C4F4Na2O5. The molecule has 0 aromatic carbocycles. The van der Waals surface area contributed by atoms with Gasteiger partial charge in [0, 0.05) is 0 Å². The van der Waals surface area contributed by atoms with Crippen LogP contribution in [-0.4, -0.2) is 24.2 Å². The monoisotopic (exact) mass is 250 g/mol. The zero-order valence-corrected chi connectivity index (χ0v) is 11.6. The Morgan fingerprint density at radius 1 is 0.867 bits per heavy atom. The SMILES string of the molecule is O=C([O-])C(F)(F)OC(F)(F)C(=O)[O-].[Na+].[Na+]. The molecule has 0 saturated carbocycles. The summed E-state index contributed by atoms with van der Waals surface area (Å²) < 4.78 is 49.1. The van der Waals surface area contributed by atoms with E-state index >= 15 is 0 Å². The van der Waals surface area contributed by atoms with Crippen molar-refractivity contribution in [1.82, 2.24) is 0 Å². The molecule has 15 heavy (non-hydrogen) atoms. The summed E-state index contributed by atoms with van der Waals surface area (Å²) in [5.41, 5.74) is 0. The predicted octanol–water partition coefficient (Wildman–Crippen LogP) is -8.30. The molecular weight excluding hydrogens is 250 g/mol. The third kappa shape index (κ3) is 6.72. The maximum Gasteiger partial charge on any atom is 1.00 e. The summed E-state index contributed by atoms with van der Waals surface area (Å²) in [6, 6.07) is 0. The number of carboxylic acids is 2. The number of carboxylic acid groups (broad SMARTS) is 2. The number of rotatable bonds is 4. The molecule has 0 rings (SSSR count). The second-order valence-electron chi connectivity index (χ2n) is 1.71. The van der Waals surface area contributed by atoms with Crippen LogP contribution in [-0.2, 0) is 14.3 Å². The zero-order chi connectivity index (χ0) is 10.9. The Morgan fingerprint density at radius 2 is 1.07 bits per heavy atom. The van der Waals surface area contributed by atoms with Crippen LogP contribution in [0.25, 0.3) is 0 Å². The maximum absolute atomic E-state index is 11.7. The van der Waals surface area contributed by atoms with Crippen LogP contribution in [0.5, 0.6) is 0 Å². The summed E-state index contributed by atoms with van der Waals surface area (Å²) in [5, 5.41) is 18.8. The number of carbonyl (C=O) groups is 2. The van der Waals surface area contributed by atoms with Crippen molar-refractivity contribution in [3.63, 3.8) is 0 Å². The van der Waals surface area contributed by atoms with Gasteiger partial charge in [-0.05, 0) is 0 Å². The van der Waals surface area contributed by atoms with Gasteiger partial charge in [-0.2, -0.15) is 17.6 Å². The third-order valence-electron chi connectivity index (χ3n) is 0.732. The first-order valence-corrected chi connectivity index (χ1v) is 2.48. The number of ether oxygens (including phenoxy) is 1. The van der Waals surface area contributed by atoms with E-state index in [0.29, 0.717) is 0 Å². The first-order chi connectivity index (χ1) is 5.59. The summed E-state index contributed by atoms with van der Waals surface area (Å²) in [7, 11) is 0. The van der Waals surface area contributed by atoms with E-state index in [2.05, 4.69) is 4.74 Å². The van der Waals surface area contributed by atoms with Gasteiger partial charge >= 0.3 is 71.3 Å². The Kier molecular flexibility index (Phi) is 9.85. The minimum atomic E-state index is -5.40. The average molecular weight is 250 g/mol. The first-order valence-electron chi connectivity index (χ1n) is 2.48. The van der Waals surface area contributed by atoms with E-state index in [1.54, 1.807) is 0 Å². The molecule has 0 saturated heterocycles. The molecule has 5 nitrogen and oxygen atoms in total.